The average molecular weight is 209 g/mol. The summed E-state index contributed by atoms with van der Waals surface area (Å²) in [5.74, 6) is -0.350. The summed E-state index contributed by atoms with van der Waals surface area (Å²) in [6, 6.07) is 5.93. The minimum atomic E-state index is -1.29. The third-order valence-corrected chi connectivity index (χ3v) is 3.65. The molecular formula is C12H13F2N. The first-order valence-electron chi connectivity index (χ1n) is 5.28. The van der Waals surface area contributed by atoms with Crippen LogP contribution in [0.25, 0.3) is 0 Å². The van der Waals surface area contributed by atoms with E-state index in [9.17, 15) is 8.78 Å². The van der Waals surface area contributed by atoms with Gasteiger partial charge in [-0.1, -0.05) is 12.1 Å². The Labute approximate surface area is 87.5 Å². The zero-order chi connectivity index (χ0) is 10.5. The molecular weight excluding hydrogens is 196 g/mol. The maximum absolute atomic E-state index is 14.3. The van der Waals surface area contributed by atoms with Gasteiger partial charge in [0.2, 0.25) is 0 Å². The Balaban J connectivity index is 1.83. The lowest BCUT2D eigenvalue weighted by molar-refractivity contribution is -0.102. The fraction of sp³-hybridized carbons (Fsp3) is 0.500. The summed E-state index contributed by atoms with van der Waals surface area (Å²) in [5.41, 5.74) is -0.620. The summed E-state index contributed by atoms with van der Waals surface area (Å²) in [4.78, 5) is 0. The van der Waals surface area contributed by atoms with Gasteiger partial charge in [0.25, 0.3) is 0 Å². The first-order chi connectivity index (χ1) is 7.12. The van der Waals surface area contributed by atoms with E-state index in [1.54, 1.807) is 12.1 Å². The fourth-order valence-corrected chi connectivity index (χ4v) is 2.84. The Morgan fingerprint density at radius 1 is 1.20 bits per heavy atom. The summed E-state index contributed by atoms with van der Waals surface area (Å²) in [7, 11) is 0. The topological polar surface area (TPSA) is 12.0 Å². The smallest absolute Gasteiger partial charge is 0.137 e. The van der Waals surface area contributed by atoms with E-state index >= 15 is 0 Å². The second-order valence-electron chi connectivity index (χ2n) is 4.93. The van der Waals surface area contributed by atoms with Gasteiger partial charge in [0, 0.05) is 18.5 Å². The number of halogens is 2. The van der Waals surface area contributed by atoms with E-state index in [1.165, 1.54) is 12.1 Å². The molecule has 1 saturated carbocycles. The van der Waals surface area contributed by atoms with Gasteiger partial charge in [-0.05, 0) is 30.5 Å². The van der Waals surface area contributed by atoms with Crippen LogP contribution in [0.4, 0.5) is 8.78 Å². The highest BCUT2D eigenvalue weighted by Gasteiger charge is 2.58. The molecule has 1 spiro atoms. The molecule has 1 heterocycles. The molecule has 0 radical (unpaired) electrons. The van der Waals surface area contributed by atoms with E-state index in [1.807, 2.05) is 0 Å². The van der Waals surface area contributed by atoms with E-state index in [2.05, 4.69) is 5.32 Å². The lowest BCUT2D eigenvalue weighted by atomic mass is 9.55. The van der Waals surface area contributed by atoms with E-state index in [0.29, 0.717) is 18.4 Å². The van der Waals surface area contributed by atoms with Crippen LogP contribution in [0.1, 0.15) is 18.4 Å². The molecule has 0 bridgehead atoms. The fourth-order valence-electron chi connectivity index (χ4n) is 2.84. The maximum atomic E-state index is 14.3. The van der Waals surface area contributed by atoms with Gasteiger partial charge in [0.05, 0.1) is 0 Å². The third-order valence-electron chi connectivity index (χ3n) is 3.65. The third kappa shape index (κ3) is 1.29. The predicted molar refractivity (Wildman–Crippen MR) is 53.7 cm³/mol. The number of benzene rings is 1. The summed E-state index contributed by atoms with van der Waals surface area (Å²) < 4.78 is 27.3. The summed E-state index contributed by atoms with van der Waals surface area (Å²) in [6.45, 7) is 1.82. The lowest BCUT2D eigenvalue weighted by Crippen LogP contribution is -2.64. The molecule has 1 aliphatic heterocycles. The van der Waals surface area contributed by atoms with Crippen LogP contribution in [0.5, 0.6) is 0 Å². The van der Waals surface area contributed by atoms with Gasteiger partial charge in [0.1, 0.15) is 11.5 Å². The standard InChI is InChI=1S/C12H13F2N/c13-10-3-1-2-9(4-10)12(14)5-11(6-12)7-15-8-11/h1-4,15H,5-8H2. The number of rotatable bonds is 1. The normalized spacial score (nSPS) is 25.7. The van der Waals surface area contributed by atoms with Gasteiger partial charge in [-0.2, -0.15) is 0 Å². The van der Waals surface area contributed by atoms with Crippen LogP contribution in [0, 0.1) is 11.2 Å². The van der Waals surface area contributed by atoms with Crippen molar-refractivity contribution in [2.24, 2.45) is 5.41 Å². The van der Waals surface area contributed by atoms with Crippen molar-refractivity contribution in [1.82, 2.24) is 5.32 Å². The molecule has 2 aliphatic rings. The average Bonchev–Trinajstić information content (AvgIpc) is 2.10. The lowest BCUT2D eigenvalue weighted by Gasteiger charge is -2.57. The van der Waals surface area contributed by atoms with Gasteiger partial charge >= 0.3 is 0 Å². The Morgan fingerprint density at radius 2 is 1.93 bits per heavy atom. The van der Waals surface area contributed by atoms with E-state index in [0.717, 1.165) is 13.1 Å². The molecule has 3 rings (SSSR count). The van der Waals surface area contributed by atoms with Crippen LogP contribution < -0.4 is 5.32 Å². The summed E-state index contributed by atoms with van der Waals surface area (Å²) in [5, 5.41) is 3.16. The molecule has 1 N–H and O–H groups in total. The quantitative estimate of drug-likeness (QED) is 0.748. The maximum Gasteiger partial charge on any atom is 0.137 e. The van der Waals surface area contributed by atoms with Crippen molar-refractivity contribution in [2.45, 2.75) is 18.5 Å². The molecule has 1 aromatic carbocycles. The van der Waals surface area contributed by atoms with Gasteiger partial charge in [-0.3, -0.25) is 0 Å². The highest BCUT2D eigenvalue weighted by Crippen LogP contribution is 2.58. The minimum Gasteiger partial charge on any atom is -0.316 e. The highest BCUT2D eigenvalue weighted by molar-refractivity contribution is 5.29. The Bertz CT molecular complexity index is 390. The van der Waals surface area contributed by atoms with E-state index < -0.39 is 5.67 Å². The highest BCUT2D eigenvalue weighted by atomic mass is 19.1. The number of nitrogens with one attached hydrogen (secondary N) is 1. The molecule has 3 heteroatoms. The van der Waals surface area contributed by atoms with Crippen LogP contribution in [-0.2, 0) is 5.67 Å². The second kappa shape index (κ2) is 2.79. The van der Waals surface area contributed by atoms with Crippen LogP contribution >= 0.6 is 0 Å². The zero-order valence-corrected chi connectivity index (χ0v) is 8.39. The minimum absolute atomic E-state index is 0.168. The van der Waals surface area contributed by atoms with Crippen molar-refractivity contribution in [2.75, 3.05) is 13.1 Å². The van der Waals surface area contributed by atoms with Crippen LogP contribution in [0.2, 0.25) is 0 Å². The van der Waals surface area contributed by atoms with Crippen LogP contribution in [-0.4, -0.2) is 13.1 Å². The largest absolute Gasteiger partial charge is 0.316 e. The number of hydrogen-bond donors (Lipinski definition) is 1. The van der Waals surface area contributed by atoms with Gasteiger partial charge < -0.3 is 5.32 Å². The molecule has 0 atom stereocenters. The first-order valence-corrected chi connectivity index (χ1v) is 5.28. The number of alkyl halides is 1. The zero-order valence-electron chi connectivity index (χ0n) is 8.39. The molecule has 80 valence electrons. The van der Waals surface area contributed by atoms with Crippen molar-refractivity contribution in [3.8, 4) is 0 Å². The molecule has 1 aliphatic carbocycles. The molecule has 1 saturated heterocycles. The molecule has 0 unspecified atom stereocenters. The molecule has 1 nitrogen and oxygen atoms in total. The van der Waals surface area contributed by atoms with Crippen molar-refractivity contribution in [3.05, 3.63) is 35.6 Å². The van der Waals surface area contributed by atoms with E-state index in [4.69, 9.17) is 0 Å². The van der Waals surface area contributed by atoms with Crippen molar-refractivity contribution in [3.63, 3.8) is 0 Å². The first kappa shape index (κ1) is 9.28. The van der Waals surface area contributed by atoms with Crippen LogP contribution in [0.3, 0.4) is 0 Å². The molecule has 1 aromatic rings. The van der Waals surface area contributed by atoms with Crippen molar-refractivity contribution in [1.29, 1.82) is 0 Å². The predicted octanol–water partition coefficient (Wildman–Crippen LogP) is 2.37. The van der Waals surface area contributed by atoms with Crippen molar-refractivity contribution >= 4 is 0 Å². The Morgan fingerprint density at radius 3 is 2.47 bits per heavy atom. The monoisotopic (exact) mass is 209 g/mol. The van der Waals surface area contributed by atoms with Crippen molar-refractivity contribution < 1.29 is 8.78 Å². The summed E-state index contributed by atoms with van der Waals surface area (Å²) >= 11 is 0. The molecule has 0 aromatic heterocycles. The van der Waals surface area contributed by atoms with E-state index in [-0.39, 0.29) is 11.2 Å². The summed E-state index contributed by atoms with van der Waals surface area (Å²) in [6.07, 6.45) is 1.08. The van der Waals surface area contributed by atoms with Crippen LogP contribution in [0.15, 0.2) is 24.3 Å². The molecule has 2 fully saturated rings. The van der Waals surface area contributed by atoms with Gasteiger partial charge in [-0.25, -0.2) is 8.78 Å². The molecule has 0 amide bonds. The Kier molecular flexibility index (Phi) is 1.72. The SMILES string of the molecule is Fc1cccc(C2(F)CC3(CNC3)C2)c1. The Hall–Kier alpha value is -0.960. The molecule has 15 heavy (non-hydrogen) atoms. The second-order valence-corrected chi connectivity index (χ2v) is 4.93. The van der Waals surface area contributed by atoms with Gasteiger partial charge in [-0.15, -0.1) is 0 Å². The van der Waals surface area contributed by atoms with Gasteiger partial charge in [0.15, 0.2) is 0 Å². The number of hydrogen-bond acceptors (Lipinski definition) is 1.